The molecule has 21 heavy (non-hydrogen) atoms. The molecule has 1 unspecified atom stereocenters. The number of halogens is 2. The SMILES string of the molecule is CCC(NS(=O)(=O)c1sc(Cl)nc1C)c1ccc(Br)cc1. The molecule has 0 spiro atoms. The summed E-state index contributed by atoms with van der Waals surface area (Å²) in [5, 5.41) is 0. The molecule has 114 valence electrons. The van der Waals surface area contributed by atoms with Crippen LogP contribution in [0, 0.1) is 6.92 Å². The van der Waals surface area contributed by atoms with Crippen molar-refractivity contribution in [3.8, 4) is 0 Å². The van der Waals surface area contributed by atoms with Crippen LogP contribution >= 0.6 is 38.9 Å². The van der Waals surface area contributed by atoms with Crippen LogP contribution in [-0.4, -0.2) is 13.4 Å². The minimum atomic E-state index is -3.63. The smallest absolute Gasteiger partial charge is 0.229 e. The summed E-state index contributed by atoms with van der Waals surface area (Å²) in [4.78, 5) is 3.95. The van der Waals surface area contributed by atoms with Crippen molar-refractivity contribution in [1.82, 2.24) is 9.71 Å². The molecule has 0 aliphatic rings. The second-order valence-corrected chi connectivity index (χ2v) is 8.88. The third kappa shape index (κ3) is 4.04. The van der Waals surface area contributed by atoms with E-state index in [1.807, 2.05) is 31.2 Å². The zero-order valence-corrected chi connectivity index (χ0v) is 15.4. The van der Waals surface area contributed by atoms with Gasteiger partial charge in [0.15, 0.2) is 8.68 Å². The van der Waals surface area contributed by atoms with Crippen molar-refractivity contribution in [3.63, 3.8) is 0 Å². The van der Waals surface area contributed by atoms with Gasteiger partial charge in [-0.05, 0) is 31.0 Å². The average Bonchev–Trinajstić information content (AvgIpc) is 2.77. The van der Waals surface area contributed by atoms with Crippen molar-refractivity contribution >= 4 is 48.9 Å². The van der Waals surface area contributed by atoms with Crippen LogP contribution < -0.4 is 4.72 Å². The van der Waals surface area contributed by atoms with Gasteiger partial charge >= 0.3 is 0 Å². The normalized spacial score (nSPS) is 13.3. The molecule has 8 heteroatoms. The summed E-state index contributed by atoms with van der Waals surface area (Å²) in [6, 6.07) is 7.28. The van der Waals surface area contributed by atoms with Crippen molar-refractivity contribution in [2.75, 3.05) is 0 Å². The number of benzene rings is 1. The Labute approximate surface area is 141 Å². The summed E-state index contributed by atoms with van der Waals surface area (Å²) in [6.45, 7) is 3.57. The first-order chi connectivity index (χ1) is 9.83. The topological polar surface area (TPSA) is 59.1 Å². The van der Waals surface area contributed by atoms with Crippen LogP contribution in [0.15, 0.2) is 32.9 Å². The van der Waals surface area contributed by atoms with Crippen LogP contribution in [0.25, 0.3) is 0 Å². The second kappa shape index (κ2) is 6.75. The van der Waals surface area contributed by atoms with Crippen LogP contribution in [0.4, 0.5) is 0 Å². The van der Waals surface area contributed by atoms with Gasteiger partial charge in [0.2, 0.25) is 0 Å². The van der Waals surface area contributed by atoms with E-state index in [0.717, 1.165) is 21.4 Å². The highest BCUT2D eigenvalue weighted by Gasteiger charge is 2.25. The maximum absolute atomic E-state index is 12.5. The molecule has 1 aromatic heterocycles. The van der Waals surface area contributed by atoms with Crippen LogP contribution in [0.3, 0.4) is 0 Å². The first-order valence-electron chi connectivity index (χ1n) is 6.24. The summed E-state index contributed by atoms with van der Waals surface area (Å²) < 4.78 is 29.0. The fourth-order valence-electron chi connectivity index (χ4n) is 1.92. The standard InChI is InChI=1S/C13H14BrClN2O2S2/c1-3-11(9-4-6-10(14)7-5-9)17-21(18,19)12-8(2)16-13(15)20-12/h4-7,11,17H,3H2,1-2H3. The minimum Gasteiger partial charge on any atom is -0.229 e. The number of nitrogens with zero attached hydrogens (tertiary/aromatic N) is 1. The lowest BCUT2D eigenvalue weighted by atomic mass is 10.1. The number of rotatable bonds is 5. The van der Waals surface area contributed by atoms with E-state index >= 15 is 0 Å². The fourth-order valence-corrected chi connectivity index (χ4v) is 5.25. The molecule has 0 amide bonds. The Bertz CT molecular complexity index is 729. The Morgan fingerprint density at radius 2 is 2.00 bits per heavy atom. The van der Waals surface area contributed by atoms with E-state index in [9.17, 15) is 8.42 Å². The number of thiazole rings is 1. The van der Waals surface area contributed by atoms with E-state index in [0.29, 0.717) is 12.1 Å². The molecule has 0 saturated carbocycles. The van der Waals surface area contributed by atoms with Gasteiger partial charge in [0.1, 0.15) is 0 Å². The maximum atomic E-state index is 12.5. The lowest BCUT2D eigenvalue weighted by molar-refractivity contribution is 0.551. The van der Waals surface area contributed by atoms with Crippen LogP contribution in [-0.2, 0) is 10.0 Å². The molecule has 0 radical (unpaired) electrons. The van der Waals surface area contributed by atoms with Gasteiger partial charge in [-0.25, -0.2) is 18.1 Å². The highest BCUT2D eigenvalue weighted by atomic mass is 79.9. The average molecular weight is 410 g/mol. The molecule has 0 aliphatic carbocycles. The number of aryl methyl sites for hydroxylation is 1. The first-order valence-corrected chi connectivity index (χ1v) is 9.71. The van der Waals surface area contributed by atoms with E-state index in [-0.39, 0.29) is 14.7 Å². The third-order valence-electron chi connectivity index (χ3n) is 2.95. The van der Waals surface area contributed by atoms with E-state index in [2.05, 4.69) is 25.6 Å². The van der Waals surface area contributed by atoms with Crippen molar-refractivity contribution in [1.29, 1.82) is 0 Å². The van der Waals surface area contributed by atoms with E-state index in [1.54, 1.807) is 6.92 Å². The zero-order valence-electron chi connectivity index (χ0n) is 11.4. The van der Waals surface area contributed by atoms with Crippen LogP contribution in [0.1, 0.15) is 30.6 Å². The number of hydrogen-bond donors (Lipinski definition) is 1. The maximum Gasteiger partial charge on any atom is 0.252 e. The number of nitrogens with one attached hydrogen (secondary N) is 1. The molecule has 1 atom stereocenters. The first kappa shape index (κ1) is 16.9. The lowest BCUT2D eigenvalue weighted by Gasteiger charge is -2.17. The van der Waals surface area contributed by atoms with Gasteiger partial charge in [0.25, 0.3) is 10.0 Å². The summed E-state index contributed by atoms with van der Waals surface area (Å²) in [5.74, 6) is 0. The van der Waals surface area contributed by atoms with Crippen molar-refractivity contribution in [3.05, 3.63) is 44.5 Å². The Kier molecular flexibility index (Phi) is 5.43. The largest absolute Gasteiger partial charge is 0.252 e. The lowest BCUT2D eigenvalue weighted by Crippen LogP contribution is -2.28. The summed E-state index contributed by atoms with van der Waals surface area (Å²) >= 11 is 10.1. The van der Waals surface area contributed by atoms with Gasteiger partial charge < -0.3 is 0 Å². The quantitative estimate of drug-likeness (QED) is 0.801. The van der Waals surface area contributed by atoms with Crippen molar-refractivity contribution in [2.24, 2.45) is 0 Å². The summed E-state index contributed by atoms with van der Waals surface area (Å²) in [6.07, 6.45) is 0.645. The van der Waals surface area contributed by atoms with E-state index < -0.39 is 10.0 Å². The van der Waals surface area contributed by atoms with Gasteiger partial charge in [-0.2, -0.15) is 0 Å². The molecule has 0 bridgehead atoms. The molecule has 4 nitrogen and oxygen atoms in total. The summed E-state index contributed by atoms with van der Waals surface area (Å²) in [5.41, 5.74) is 1.33. The van der Waals surface area contributed by atoms with E-state index in [4.69, 9.17) is 11.6 Å². The highest BCUT2D eigenvalue weighted by molar-refractivity contribution is 9.10. The van der Waals surface area contributed by atoms with Gasteiger partial charge in [0.05, 0.1) is 5.69 Å². The molecule has 1 aromatic carbocycles. The van der Waals surface area contributed by atoms with E-state index in [1.165, 1.54) is 0 Å². The predicted octanol–water partition coefficient (Wildman–Crippen LogP) is 4.30. The molecule has 2 aromatic rings. The molecule has 1 heterocycles. The van der Waals surface area contributed by atoms with Crippen LogP contribution in [0.5, 0.6) is 0 Å². The molecule has 0 aliphatic heterocycles. The van der Waals surface area contributed by atoms with Gasteiger partial charge in [0, 0.05) is 10.5 Å². The highest BCUT2D eigenvalue weighted by Crippen LogP contribution is 2.29. The van der Waals surface area contributed by atoms with Crippen molar-refractivity contribution in [2.45, 2.75) is 30.5 Å². The number of hydrogen-bond acceptors (Lipinski definition) is 4. The number of aromatic nitrogens is 1. The monoisotopic (exact) mass is 408 g/mol. The van der Waals surface area contributed by atoms with Gasteiger partial charge in [-0.1, -0.05) is 57.9 Å². The predicted molar refractivity (Wildman–Crippen MR) is 89.4 cm³/mol. The molecule has 0 fully saturated rings. The Morgan fingerprint density at radius 1 is 1.38 bits per heavy atom. The third-order valence-corrected chi connectivity index (χ3v) is 6.82. The van der Waals surface area contributed by atoms with Crippen LogP contribution in [0.2, 0.25) is 4.47 Å². The Morgan fingerprint density at radius 3 is 2.48 bits per heavy atom. The molecular weight excluding hydrogens is 396 g/mol. The Hall–Kier alpha value is -0.470. The fraction of sp³-hybridized carbons (Fsp3) is 0.308. The molecular formula is C13H14BrClN2O2S2. The van der Waals surface area contributed by atoms with Crippen molar-refractivity contribution < 1.29 is 8.42 Å². The zero-order chi connectivity index (χ0) is 15.6. The Balaban J connectivity index is 2.29. The van der Waals surface area contributed by atoms with Gasteiger partial charge in [-0.3, -0.25) is 0 Å². The molecule has 2 rings (SSSR count). The summed E-state index contributed by atoms with van der Waals surface area (Å²) in [7, 11) is -3.63. The minimum absolute atomic E-state index is 0.170. The number of sulfonamides is 1. The molecule has 0 saturated heterocycles. The second-order valence-electron chi connectivity index (χ2n) is 4.47. The van der Waals surface area contributed by atoms with Gasteiger partial charge in [-0.15, -0.1) is 0 Å². The molecule has 1 N–H and O–H groups in total.